The van der Waals surface area contributed by atoms with Crippen LogP contribution in [0.4, 0.5) is 0 Å². The summed E-state index contributed by atoms with van der Waals surface area (Å²) in [4.78, 5) is 30.1. The second-order valence-corrected chi connectivity index (χ2v) is 7.82. The summed E-state index contributed by atoms with van der Waals surface area (Å²) in [6, 6.07) is 16.0. The number of hydrogen-bond acceptors (Lipinski definition) is 5. The molecule has 1 aromatic carbocycles. The summed E-state index contributed by atoms with van der Waals surface area (Å²) in [5.41, 5.74) is 5.32. The highest BCUT2D eigenvalue weighted by Gasteiger charge is 2.19. The van der Waals surface area contributed by atoms with Crippen molar-refractivity contribution in [1.82, 2.24) is 15.4 Å². The lowest BCUT2D eigenvalue weighted by molar-refractivity contribution is 0.0499. The third kappa shape index (κ3) is 4.01. The van der Waals surface area contributed by atoms with Gasteiger partial charge in [0.15, 0.2) is 0 Å². The molecule has 0 radical (unpaired) electrons. The fourth-order valence-electron chi connectivity index (χ4n) is 2.81. The first-order valence-electron chi connectivity index (χ1n) is 8.56. The first kappa shape index (κ1) is 18.5. The number of carbonyl (C=O) groups excluding carboxylic acids is 1. The molecule has 8 heteroatoms. The Bertz CT molecular complexity index is 1090. The molecule has 0 aliphatic carbocycles. The highest BCUT2D eigenvalue weighted by Crippen LogP contribution is 2.22. The number of thiophene rings is 1. The number of carbonyl (C=O) groups is 1. The SMILES string of the molecule is O=C(NCC1C=C(c2ccc(-n3ccccc3=O)cc2)NO1)c1ccc(Cl)s1. The van der Waals surface area contributed by atoms with Gasteiger partial charge in [0.05, 0.1) is 21.5 Å². The number of hydrogen-bond donors (Lipinski definition) is 2. The Kier molecular flexibility index (Phi) is 5.29. The van der Waals surface area contributed by atoms with Crippen molar-refractivity contribution in [2.75, 3.05) is 6.54 Å². The quantitative estimate of drug-likeness (QED) is 0.673. The molecule has 2 aromatic heterocycles. The number of aromatic nitrogens is 1. The first-order chi connectivity index (χ1) is 13.6. The van der Waals surface area contributed by atoms with Crippen molar-refractivity contribution in [3.8, 4) is 5.69 Å². The highest BCUT2D eigenvalue weighted by atomic mass is 35.5. The van der Waals surface area contributed by atoms with Gasteiger partial charge in [0.25, 0.3) is 11.5 Å². The third-order valence-corrected chi connectivity index (χ3v) is 5.44. The van der Waals surface area contributed by atoms with Crippen molar-refractivity contribution >= 4 is 34.5 Å². The van der Waals surface area contributed by atoms with Gasteiger partial charge in [-0.1, -0.05) is 29.8 Å². The van der Waals surface area contributed by atoms with Crippen molar-refractivity contribution in [1.29, 1.82) is 0 Å². The van der Waals surface area contributed by atoms with Gasteiger partial charge in [-0.2, -0.15) is 0 Å². The van der Waals surface area contributed by atoms with Crippen molar-refractivity contribution in [2.45, 2.75) is 6.10 Å². The topological polar surface area (TPSA) is 72.4 Å². The van der Waals surface area contributed by atoms with Crippen molar-refractivity contribution in [3.63, 3.8) is 0 Å². The molecule has 1 amide bonds. The molecule has 0 bridgehead atoms. The van der Waals surface area contributed by atoms with E-state index in [4.69, 9.17) is 16.4 Å². The molecular weight excluding hydrogens is 398 g/mol. The fraction of sp³-hybridized carbons (Fsp3) is 0.100. The molecule has 1 aliphatic heterocycles. The number of pyridine rings is 1. The zero-order valence-electron chi connectivity index (χ0n) is 14.6. The fourth-order valence-corrected chi connectivity index (χ4v) is 3.77. The molecule has 6 nitrogen and oxygen atoms in total. The lowest BCUT2D eigenvalue weighted by Gasteiger charge is -2.08. The molecule has 142 valence electrons. The predicted molar refractivity (Wildman–Crippen MR) is 110 cm³/mol. The van der Waals surface area contributed by atoms with Gasteiger partial charge >= 0.3 is 0 Å². The van der Waals surface area contributed by atoms with Gasteiger partial charge in [0, 0.05) is 18.0 Å². The second kappa shape index (κ2) is 8.02. The largest absolute Gasteiger partial charge is 0.348 e. The molecule has 0 fully saturated rings. The van der Waals surface area contributed by atoms with E-state index in [2.05, 4.69) is 10.8 Å². The minimum atomic E-state index is -0.286. The van der Waals surface area contributed by atoms with Gasteiger partial charge in [-0.3, -0.25) is 24.5 Å². The van der Waals surface area contributed by atoms with Gasteiger partial charge in [0.2, 0.25) is 0 Å². The number of nitrogens with one attached hydrogen (secondary N) is 2. The molecule has 1 aliphatic rings. The smallest absolute Gasteiger partial charge is 0.261 e. The average molecular weight is 414 g/mol. The molecule has 1 atom stereocenters. The summed E-state index contributed by atoms with van der Waals surface area (Å²) in [6.45, 7) is 0.336. The van der Waals surface area contributed by atoms with E-state index in [0.717, 1.165) is 16.9 Å². The minimum absolute atomic E-state index is 0.0837. The van der Waals surface area contributed by atoms with Crippen LogP contribution >= 0.6 is 22.9 Å². The number of amides is 1. The summed E-state index contributed by atoms with van der Waals surface area (Å²) in [7, 11) is 0. The molecule has 28 heavy (non-hydrogen) atoms. The maximum Gasteiger partial charge on any atom is 0.261 e. The van der Waals surface area contributed by atoms with Crippen LogP contribution in [0.15, 0.2) is 71.7 Å². The van der Waals surface area contributed by atoms with Gasteiger partial charge in [-0.05, 0) is 42.0 Å². The highest BCUT2D eigenvalue weighted by molar-refractivity contribution is 7.17. The molecule has 2 N–H and O–H groups in total. The maximum absolute atomic E-state index is 12.1. The molecule has 4 rings (SSSR count). The number of nitrogens with zero attached hydrogens (tertiary/aromatic N) is 1. The van der Waals surface area contributed by atoms with Crippen LogP contribution in [-0.4, -0.2) is 23.1 Å². The average Bonchev–Trinajstić information content (AvgIpc) is 3.36. The summed E-state index contributed by atoms with van der Waals surface area (Å²) in [5.74, 6) is -0.181. The van der Waals surface area contributed by atoms with E-state index in [1.165, 1.54) is 17.4 Å². The molecule has 3 aromatic rings. The Hall–Kier alpha value is -2.87. The number of halogens is 1. The Labute approximate surface area is 170 Å². The zero-order valence-corrected chi connectivity index (χ0v) is 16.2. The standard InChI is InChI=1S/C20H16ClN3O3S/c21-18-9-8-17(28-18)20(26)22-12-15-11-16(23-27-15)13-4-6-14(7-5-13)24-10-2-1-3-19(24)25/h1-11,15,23H,12H2,(H,22,26). The van der Waals surface area contributed by atoms with Crippen LogP contribution in [0.1, 0.15) is 15.2 Å². The number of rotatable bonds is 5. The van der Waals surface area contributed by atoms with Gasteiger partial charge < -0.3 is 5.32 Å². The summed E-state index contributed by atoms with van der Waals surface area (Å²) in [5, 5.41) is 2.83. The van der Waals surface area contributed by atoms with Crippen LogP contribution in [-0.2, 0) is 4.84 Å². The summed E-state index contributed by atoms with van der Waals surface area (Å²) >= 11 is 7.09. The Morgan fingerprint density at radius 2 is 2.00 bits per heavy atom. The van der Waals surface area contributed by atoms with Crippen LogP contribution in [0.25, 0.3) is 11.4 Å². The monoisotopic (exact) mass is 413 g/mol. The van der Waals surface area contributed by atoms with Crippen LogP contribution < -0.4 is 16.4 Å². The van der Waals surface area contributed by atoms with E-state index in [9.17, 15) is 9.59 Å². The van der Waals surface area contributed by atoms with E-state index < -0.39 is 0 Å². The Morgan fingerprint density at radius 3 is 2.71 bits per heavy atom. The summed E-state index contributed by atoms with van der Waals surface area (Å²) < 4.78 is 2.15. The maximum atomic E-state index is 12.1. The molecule has 0 saturated carbocycles. The van der Waals surface area contributed by atoms with E-state index >= 15 is 0 Å². The van der Waals surface area contributed by atoms with Crippen LogP contribution in [0, 0.1) is 0 Å². The minimum Gasteiger partial charge on any atom is -0.348 e. The van der Waals surface area contributed by atoms with Gasteiger partial charge in [0.1, 0.15) is 6.10 Å². The van der Waals surface area contributed by atoms with E-state index in [1.807, 2.05) is 36.4 Å². The molecular formula is C20H16ClN3O3S. The first-order valence-corrected chi connectivity index (χ1v) is 9.75. The van der Waals surface area contributed by atoms with Crippen molar-refractivity contribution in [2.24, 2.45) is 0 Å². The molecule has 3 heterocycles. The normalized spacial score (nSPS) is 15.8. The second-order valence-electron chi connectivity index (χ2n) is 6.11. The van der Waals surface area contributed by atoms with Crippen LogP contribution in [0.2, 0.25) is 4.34 Å². The van der Waals surface area contributed by atoms with E-state index in [0.29, 0.717) is 15.8 Å². The Balaban J connectivity index is 1.40. The Morgan fingerprint density at radius 1 is 1.18 bits per heavy atom. The molecule has 1 unspecified atom stereocenters. The van der Waals surface area contributed by atoms with E-state index in [1.54, 1.807) is 29.0 Å². The van der Waals surface area contributed by atoms with Gasteiger partial charge in [-0.25, -0.2) is 0 Å². The lowest BCUT2D eigenvalue weighted by atomic mass is 10.1. The van der Waals surface area contributed by atoms with Crippen LogP contribution in [0.5, 0.6) is 0 Å². The predicted octanol–water partition coefficient (Wildman–Crippen LogP) is 3.23. The van der Waals surface area contributed by atoms with Crippen LogP contribution in [0.3, 0.4) is 0 Å². The van der Waals surface area contributed by atoms with Crippen molar-refractivity contribution < 1.29 is 9.63 Å². The number of benzene rings is 1. The van der Waals surface area contributed by atoms with Crippen molar-refractivity contribution in [3.05, 3.63) is 92.0 Å². The molecule has 0 saturated heterocycles. The van der Waals surface area contributed by atoms with Gasteiger partial charge in [-0.15, -0.1) is 11.3 Å². The lowest BCUT2D eigenvalue weighted by Crippen LogP contribution is -2.31. The third-order valence-electron chi connectivity index (χ3n) is 4.21. The zero-order chi connectivity index (χ0) is 19.5. The molecule has 0 spiro atoms. The number of hydroxylamine groups is 1. The summed E-state index contributed by atoms with van der Waals surface area (Å²) in [6.07, 6.45) is 3.35. The van der Waals surface area contributed by atoms with E-state index in [-0.39, 0.29) is 17.6 Å².